The van der Waals surface area contributed by atoms with Crippen molar-refractivity contribution in [2.45, 2.75) is 31.7 Å². The minimum Gasteiger partial charge on any atom is -0.493 e. The van der Waals surface area contributed by atoms with E-state index in [4.69, 9.17) is 9.47 Å². The summed E-state index contributed by atoms with van der Waals surface area (Å²) in [5.41, 5.74) is 6.79. The number of pyridine rings is 1. The highest BCUT2D eigenvalue weighted by atomic mass is 16.6. The number of rotatable bonds is 4. The molecule has 1 aliphatic heterocycles. The summed E-state index contributed by atoms with van der Waals surface area (Å²) in [7, 11) is 1.54. The number of methoxy groups -OCH3 is 1. The number of carbonyl (C=O) groups excluding carboxylic acids is 2. The van der Waals surface area contributed by atoms with Crippen LogP contribution in [0, 0.1) is 0 Å². The Bertz CT molecular complexity index is 1580. The second kappa shape index (κ2) is 9.21. The van der Waals surface area contributed by atoms with Crippen LogP contribution in [-0.2, 0) is 9.59 Å². The van der Waals surface area contributed by atoms with E-state index in [1.165, 1.54) is 19.6 Å². The van der Waals surface area contributed by atoms with Crippen molar-refractivity contribution in [2.24, 2.45) is 0 Å². The molecule has 0 fully saturated rings. The molecule has 0 bridgehead atoms. The smallest absolute Gasteiger partial charge is 0.308 e. The van der Waals surface area contributed by atoms with Crippen LogP contribution in [0.4, 0.5) is 5.69 Å². The number of anilines is 1. The van der Waals surface area contributed by atoms with Gasteiger partial charge in [0.15, 0.2) is 17.3 Å². The number of nitrogens with zero attached hydrogens (tertiary/aromatic N) is 1. The molecule has 6 nitrogen and oxygen atoms in total. The van der Waals surface area contributed by atoms with Crippen molar-refractivity contribution in [3.05, 3.63) is 101 Å². The first-order valence-electron chi connectivity index (χ1n) is 12.4. The molecule has 2 heterocycles. The Morgan fingerprint density at radius 1 is 0.946 bits per heavy atom. The number of ether oxygens (including phenoxy) is 2. The van der Waals surface area contributed by atoms with Crippen molar-refractivity contribution in [3.8, 4) is 11.5 Å². The molecule has 0 radical (unpaired) electrons. The van der Waals surface area contributed by atoms with Gasteiger partial charge in [0, 0.05) is 41.8 Å². The number of esters is 1. The van der Waals surface area contributed by atoms with Crippen LogP contribution in [0.25, 0.3) is 16.5 Å². The van der Waals surface area contributed by atoms with Crippen molar-refractivity contribution < 1.29 is 19.1 Å². The van der Waals surface area contributed by atoms with Crippen molar-refractivity contribution in [3.63, 3.8) is 0 Å². The maximum atomic E-state index is 13.9. The lowest BCUT2D eigenvalue weighted by Crippen LogP contribution is -2.29. The lowest BCUT2D eigenvalue weighted by atomic mass is 9.72. The van der Waals surface area contributed by atoms with Gasteiger partial charge in [0.2, 0.25) is 0 Å². The maximum Gasteiger partial charge on any atom is 0.308 e. The number of ketones is 1. The normalized spacial score (nSPS) is 18.6. The summed E-state index contributed by atoms with van der Waals surface area (Å²) in [6.45, 7) is 1.35. The van der Waals surface area contributed by atoms with Crippen molar-refractivity contribution in [1.82, 2.24) is 4.98 Å². The summed E-state index contributed by atoms with van der Waals surface area (Å²) < 4.78 is 10.8. The highest BCUT2D eigenvalue weighted by molar-refractivity contribution is 6.12. The van der Waals surface area contributed by atoms with E-state index >= 15 is 0 Å². The fourth-order valence-electron chi connectivity index (χ4n) is 5.64. The van der Waals surface area contributed by atoms with Gasteiger partial charge in [-0.1, -0.05) is 42.5 Å². The van der Waals surface area contributed by atoms with Crippen LogP contribution >= 0.6 is 0 Å². The zero-order chi connectivity index (χ0) is 25.5. The Morgan fingerprint density at radius 2 is 1.78 bits per heavy atom. The quantitative estimate of drug-likeness (QED) is 0.270. The van der Waals surface area contributed by atoms with Crippen molar-refractivity contribution in [2.75, 3.05) is 12.4 Å². The van der Waals surface area contributed by atoms with E-state index < -0.39 is 5.97 Å². The minimum atomic E-state index is -0.421. The largest absolute Gasteiger partial charge is 0.493 e. The van der Waals surface area contributed by atoms with Gasteiger partial charge < -0.3 is 14.8 Å². The summed E-state index contributed by atoms with van der Waals surface area (Å²) in [6, 6.07) is 23.4. The predicted molar refractivity (Wildman–Crippen MR) is 143 cm³/mol. The third-order valence-corrected chi connectivity index (χ3v) is 7.23. The van der Waals surface area contributed by atoms with Gasteiger partial charge in [-0.2, -0.15) is 0 Å². The van der Waals surface area contributed by atoms with Gasteiger partial charge in [0.1, 0.15) is 0 Å². The molecule has 0 saturated heterocycles. The fraction of sp³-hybridized carbons (Fsp3) is 0.194. The number of fused-ring (bicyclic) bond motifs is 4. The van der Waals surface area contributed by atoms with Gasteiger partial charge >= 0.3 is 5.97 Å². The SMILES string of the molecule is COc1cc([C@H]2Nc3ccc4ncccc4c3C3=C2C(=O)C[C@@H](c2ccccc2)C3)ccc1OC(C)=O. The topological polar surface area (TPSA) is 77.5 Å². The average molecular weight is 491 g/mol. The summed E-state index contributed by atoms with van der Waals surface area (Å²) in [5, 5.41) is 4.66. The second-order valence-electron chi connectivity index (χ2n) is 9.47. The van der Waals surface area contributed by atoms with Gasteiger partial charge in [-0.05, 0) is 59.4 Å². The molecule has 1 aromatic heterocycles. The molecule has 0 unspecified atom stereocenters. The molecule has 6 heteroatoms. The van der Waals surface area contributed by atoms with Gasteiger partial charge in [-0.25, -0.2) is 0 Å². The van der Waals surface area contributed by atoms with Crippen LogP contribution in [0.15, 0.2) is 84.6 Å². The van der Waals surface area contributed by atoms with Crippen LogP contribution in [-0.4, -0.2) is 23.8 Å². The molecule has 1 aliphatic carbocycles. The monoisotopic (exact) mass is 490 g/mol. The molecule has 1 N–H and O–H groups in total. The third kappa shape index (κ3) is 4.04. The predicted octanol–water partition coefficient (Wildman–Crippen LogP) is 6.24. The number of nitrogens with one attached hydrogen (secondary N) is 1. The second-order valence-corrected chi connectivity index (χ2v) is 9.47. The summed E-state index contributed by atoms with van der Waals surface area (Å²) in [4.78, 5) is 30.0. The Morgan fingerprint density at radius 3 is 2.57 bits per heavy atom. The van der Waals surface area contributed by atoms with Crippen LogP contribution < -0.4 is 14.8 Å². The van der Waals surface area contributed by atoms with Crippen LogP contribution in [0.1, 0.15) is 48.4 Å². The van der Waals surface area contributed by atoms with Gasteiger partial charge in [0.25, 0.3) is 0 Å². The number of benzene rings is 3. The first-order chi connectivity index (χ1) is 18.0. The number of hydrogen-bond acceptors (Lipinski definition) is 6. The molecule has 6 rings (SSSR count). The Kier molecular flexibility index (Phi) is 5.72. The zero-order valence-electron chi connectivity index (χ0n) is 20.7. The lowest BCUT2D eigenvalue weighted by molar-refractivity contribution is -0.132. The number of aromatic nitrogens is 1. The number of hydrogen-bond donors (Lipinski definition) is 1. The molecule has 184 valence electrons. The van der Waals surface area contributed by atoms with Gasteiger partial charge in [-0.3, -0.25) is 14.6 Å². The highest BCUT2D eigenvalue weighted by Gasteiger charge is 2.38. The molecule has 3 aromatic carbocycles. The Labute approximate surface area is 214 Å². The highest BCUT2D eigenvalue weighted by Crippen LogP contribution is 2.51. The van der Waals surface area contributed by atoms with E-state index in [9.17, 15) is 9.59 Å². The number of allylic oxidation sites excluding steroid dienone is 1. The number of carbonyl (C=O) groups is 2. The molecular formula is C31H26N2O4. The maximum absolute atomic E-state index is 13.9. The minimum absolute atomic E-state index is 0.104. The molecule has 0 saturated carbocycles. The Balaban J connectivity index is 1.53. The molecule has 4 aromatic rings. The summed E-state index contributed by atoms with van der Waals surface area (Å²) >= 11 is 0. The van der Waals surface area contributed by atoms with Crippen LogP contribution in [0.5, 0.6) is 11.5 Å². The summed E-state index contributed by atoms with van der Waals surface area (Å²) in [5.74, 6) is 0.598. The molecule has 0 spiro atoms. The van der Waals surface area contributed by atoms with Crippen LogP contribution in [0.3, 0.4) is 0 Å². The first-order valence-corrected chi connectivity index (χ1v) is 12.4. The number of Topliss-reactive ketones (excluding diaryl/α,β-unsaturated/α-hetero) is 1. The standard InChI is InChI=1S/C31H26N2O4/c1-18(34)37-27-13-10-20(17-28(27)36-2)31-30-23(15-21(16-26(30)35)19-7-4-3-5-8-19)29-22-9-6-14-32-24(22)11-12-25(29)33-31/h3-14,17,21,31,33H,15-16H2,1-2H3/t21-,31+/m0/s1. The van der Waals surface area contributed by atoms with E-state index in [1.807, 2.05) is 48.5 Å². The summed E-state index contributed by atoms with van der Waals surface area (Å²) in [6.07, 6.45) is 2.99. The average Bonchev–Trinajstić information content (AvgIpc) is 2.92. The van der Waals surface area contributed by atoms with E-state index in [0.717, 1.165) is 45.3 Å². The zero-order valence-corrected chi connectivity index (χ0v) is 20.7. The first kappa shape index (κ1) is 23.0. The molecular weight excluding hydrogens is 464 g/mol. The van der Waals surface area contributed by atoms with E-state index in [2.05, 4.69) is 28.5 Å². The molecule has 2 aliphatic rings. The van der Waals surface area contributed by atoms with E-state index in [1.54, 1.807) is 12.3 Å². The van der Waals surface area contributed by atoms with Crippen molar-refractivity contribution >= 4 is 33.9 Å². The molecule has 0 amide bonds. The van der Waals surface area contributed by atoms with E-state index in [-0.39, 0.29) is 17.7 Å². The van der Waals surface area contributed by atoms with Gasteiger partial charge in [0.05, 0.1) is 18.7 Å². The van der Waals surface area contributed by atoms with E-state index in [0.29, 0.717) is 17.9 Å². The third-order valence-electron chi connectivity index (χ3n) is 7.23. The van der Waals surface area contributed by atoms with Gasteiger partial charge in [-0.15, -0.1) is 0 Å². The lowest BCUT2D eigenvalue weighted by Gasteiger charge is -2.37. The molecule has 2 atom stereocenters. The Hall–Kier alpha value is -4.45. The fourth-order valence-corrected chi connectivity index (χ4v) is 5.64. The van der Waals surface area contributed by atoms with Crippen molar-refractivity contribution in [1.29, 1.82) is 0 Å². The van der Waals surface area contributed by atoms with Crippen LogP contribution in [0.2, 0.25) is 0 Å². The molecule has 37 heavy (non-hydrogen) atoms.